The molecule has 37 heavy (non-hydrogen) atoms. The quantitative estimate of drug-likeness (QED) is 0.0656. The fourth-order valence-electron chi connectivity index (χ4n) is 2.59. The Bertz CT molecular complexity index is 651. The van der Waals surface area contributed by atoms with Gasteiger partial charge in [-0.3, -0.25) is 19.2 Å². The summed E-state index contributed by atoms with van der Waals surface area (Å²) in [5.74, 6) is -4.86. The van der Waals surface area contributed by atoms with Crippen LogP contribution in [0.25, 0.3) is 0 Å². The SMILES string of the molecule is N[C@@H](CCC(=O)NCCCCCC(=O)[O-])C(=O)O.N[C@@H](CCC(=O)NCCCCCC(=O)[O-])C(=O)O.[Mg+2]. The van der Waals surface area contributed by atoms with Crippen molar-refractivity contribution in [3.8, 4) is 0 Å². The molecule has 0 saturated carbocycles. The van der Waals surface area contributed by atoms with E-state index in [9.17, 15) is 39.0 Å². The summed E-state index contributed by atoms with van der Waals surface area (Å²) < 4.78 is 0. The van der Waals surface area contributed by atoms with Crippen LogP contribution in [0.15, 0.2) is 0 Å². The Morgan fingerprint density at radius 1 is 0.595 bits per heavy atom. The number of nitrogens with one attached hydrogen (secondary N) is 2. The maximum Gasteiger partial charge on any atom is 2.00 e. The first-order valence-electron chi connectivity index (χ1n) is 11.8. The van der Waals surface area contributed by atoms with E-state index < -0.39 is 36.0 Å². The van der Waals surface area contributed by atoms with Gasteiger partial charge in [0.15, 0.2) is 0 Å². The van der Waals surface area contributed by atoms with Crippen LogP contribution in [0.2, 0.25) is 0 Å². The summed E-state index contributed by atoms with van der Waals surface area (Å²) in [5, 5.41) is 42.4. The third-order valence-corrected chi connectivity index (χ3v) is 4.76. The van der Waals surface area contributed by atoms with Gasteiger partial charge < -0.3 is 52.1 Å². The smallest absolute Gasteiger partial charge is 0.550 e. The standard InChI is InChI=1S/2C11H20N2O5.Mg/c2*12-8(11(17)18)5-6-9(14)13-7-3-1-2-4-10(15)16;/h2*8H,1-7,12H2,(H,13,14)(H,15,16)(H,17,18);/q;;+2/p-2/t2*8-;/m00./s1. The summed E-state index contributed by atoms with van der Waals surface area (Å²) in [4.78, 5) is 63.5. The van der Waals surface area contributed by atoms with Gasteiger partial charge in [-0.1, -0.05) is 12.8 Å². The number of nitrogens with two attached hydrogens (primary N) is 2. The van der Waals surface area contributed by atoms with Gasteiger partial charge >= 0.3 is 35.0 Å². The predicted octanol–water partition coefficient (Wildman–Crippen LogP) is -3.17. The Morgan fingerprint density at radius 3 is 1.19 bits per heavy atom. The fourth-order valence-corrected chi connectivity index (χ4v) is 2.59. The zero-order valence-electron chi connectivity index (χ0n) is 21.1. The second-order valence-corrected chi connectivity index (χ2v) is 8.03. The zero-order chi connectivity index (χ0) is 27.9. The number of carbonyl (C=O) groups is 6. The molecule has 0 radical (unpaired) electrons. The molecule has 14 nitrogen and oxygen atoms in total. The normalized spacial score (nSPS) is 11.5. The molecule has 0 saturated heterocycles. The first-order valence-corrected chi connectivity index (χ1v) is 11.8. The van der Waals surface area contributed by atoms with Gasteiger partial charge in [0.25, 0.3) is 0 Å². The topological polar surface area (TPSA) is 265 Å². The number of unbranched alkanes of at least 4 members (excludes halogenated alkanes) is 4. The fraction of sp³-hybridized carbons (Fsp3) is 0.727. The van der Waals surface area contributed by atoms with E-state index in [4.69, 9.17) is 21.7 Å². The molecular weight excluding hydrogens is 505 g/mol. The molecule has 0 aromatic rings. The molecule has 0 bridgehead atoms. The van der Waals surface area contributed by atoms with Gasteiger partial charge in [-0.15, -0.1) is 0 Å². The number of aliphatic carboxylic acids is 4. The van der Waals surface area contributed by atoms with Crippen molar-refractivity contribution in [2.24, 2.45) is 11.5 Å². The van der Waals surface area contributed by atoms with Crippen LogP contribution in [0, 0.1) is 0 Å². The van der Waals surface area contributed by atoms with Crippen molar-refractivity contribution in [2.75, 3.05) is 13.1 Å². The molecule has 2 atom stereocenters. The van der Waals surface area contributed by atoms with Crippen molar-refractivity contribution >= 4 is 58.7 Å². The molecule has 0 aliphatic carbocycles. The molecular formula is C22H38MgN4O10. The summed E-state index contributed by atoms with van der Waals surface area (Å²) in [6.45, 7) is 0.905. The Balaban J connectivity index is -0.000000608. The maximum atomic E-state index is 11.2. The number of carbonyl (C=O) groups excluding carboxylic acids is 4. The minimum atomic E-state index is -1.12. The summed E-state index contributed by atoms with van der Waals surface area (Å²) >= 11 is 0. The van der Waals surface area contributed by atoms with Crippen molar-refractivity contribution in [1.29, 1.82) is 0 Å². The first-order chi connectivity index (χ1) is 16.9. The van der Waals surface area contributed by atoms with E-state index in [0.717, 1.165) is 0 Å². The molecule has 0 heterocycles. The molecule has 15 heteroatoms. The van der Waals surface area contributed by atoms with Gasteiger partial charge in [0.1, 0.15) is 12.1 Å². The van der Waals surface area contributed by atoms with E-state index in [0.29, 0.717) is 51.6 Å². The number of rotatable bonds is 20. The minimum absolute atomic E-state index is 0. The van der Waals surface area contributed by atoms with Gasteiger partial charge in [0.05, 0.1) is 0 Å². The number of amides is 2. The van der Waals surface area contributed by atoms with E-state index in [1.54, 1.807) is 0 Å². The monoisotopic (exact) mass is 542 g/mol. The van der Waals surface area contributed by atoms with E-state index in [-0.39, 0.29) is 73.4 Å². The van der Waals surface area contributed by atoms with E-state index in [1.165, 1.54) is 0 Å². The van der Waals surface area contributed by atoms with Crippen molar-refractivity contribution in [2.45, 2.75) is 89.1 Å². The van der Waals surface area contributed by atoms with E-state index >= 15 is 0 Å². The van der Waals surface area contributed by atoms with Gasteiger partial charge in [-0.05, 0) is 51.4 Å². The predicted molar refractivity (Wildman–Crippen MR) is 128 cm³/mol. The van der Waals surface area contributed by atoms with Gasteiger partial charge in [-0.25, -0.2) is 0 Å². The van der Waals surface area contributed by atoms with Crippen molar-refractivity contribution in [3.05, 3.63) is 0 Å². The number of carboxylic acids is 4. The van der Waals surface area contributed by atoms with Crippen LogP contribution in [0.5, 0.6) is 0 Å². The molecule has 0 aromatic heterocycles. The molecule has 0 fully saturated rings. The van der Waals surface area contributed by atoms with Crippen LogP contribution >= 0.6 is 0 Å². The molecule has 0 aliphatic rings. The number of hydrogen-bond donors (Lipinski definition) is 6. The van der Waals surface area contributed by atoms with Crippen LogP contribution < -0.4 is 32.3 Å². The second-order valence-electron chi connectivity index (χ2n) is 8.03. The third kappa shape index (κ3) is 29.6. The Labute approximate surface area is 232 Å². The van der Waals surface area contributed by atoms with Crippen LogP contribution in [-0.2, 0) is 28.8 Å². The Kier molecular flexibility index (Phi) is 26.5. The molecule has 0 aliphatic heterocycles. The summed E-state index contributed by atoms with van der Waals surface area (Å²) in [6.07, 6.45) is 4.24. The maximum absolute atomic E-state index is 11.2. The van der Waals surface area contributed by atoms with Crippen LogP contribution in [0.4, 0.5) is 0 Å². The molecule has 8 N–H and O–H groups in total. The second kappa shape index (κ2) is 25.2. The van der Waals surface area contributed by atoms with E-state index in [1.807, 2.05) is 0 Å². The Hall–Kier alpha value is -2.49. The number of carboxylic acid groups (broad SMARTS) is 4. The molecule has 0 spiro atoms. The average Bonchev–Trinajstić information content (AvgIpc) is 2.80. The molecule has 0 aromatic carbocycles. The minimum Gasteiger partial charge on any atom is -0.550 e. The Morgan fingerprint density at radius 2 is 0.919 bits per heavy atom. The largest absolute Gasteiger partial charge is 2.00 e. The van der Waals surface area contributed by atoms with Gasteiger partial charge in [0, 0.05) is 37.9 Å². The zero-order valence-corrected chi connectivity index (χ0v) is 22.5. The van der Waals surface area contributed by atoms with Gasteiger partial charge in [0.2, 0.25) is 11.8 Å². The molecule has 2 amide bonds. The number of hydrogen-bond acceptors (Lipinski definition) is 10. The van der Waals surface area contributed by atoms with Crippen molar-refractivity contribution < 1.29 is 49.2 Å². The molecule has 0 unspecified atom stereocenters. The third-order valence-electron chi connectivity index (χ3n) is 4.76. The van der Waals surface area contributed by atoms with E-state index in [2.05, 4.69) is 10.6 Å². The summed E-state index contributed by atoms with van der Waals surface area (Å²) in [6, 6.07) is -2.03. The molecule has 208 valence electrons. The van der Waals surface area contributed by atoms with Crippen LogP contribution in [0.3, 0.4) is 0 Å². The summed E-state index contributed by atoms with van der Waals surface area (Å²) in [5.41, 5.74) is 10.5. The van der Waals surface area contributed by atoms with Gasteiger partial charge in [-0.2, -0.15) is 0 Å². The van der Waals surface area contributed by atoms with Crippen LogP contribution in [0.1, 0.15) is 77.0 Å². The van der Waals surface area contributed by atoms with Crippen LogP contribution in [-0.4, -0.2) is 94.1 Å². The summed E-state index contributed by atoms with van der Waals surface area (Å²) in [7, 11) is 0. The molecule has 0 rings (SSSR count). The van der Waals surface area contributed by atoms with Crippen molar-refractivity contribution in [3.63, 3.8) is 0 Å². The first kappa shape index (κ1) is 39.0. The average molecular weight is 543 g/mol. The van der Waals surface area contributed by atoms with Crippen molar-refractivity contribution in [1.82, 2.24) is 10.6 Å².